The van der Waals surface area contributed by atoms with E-state index in [1.807, 2.05) is 0 Å². The lowest BCUT2D eigenvalue weighted by Crippen LogP contribution is -2.53. The number of hydrogen-bond donors (Lipinski definition) is 2. The molecule has 0 aromatic carbocycles. The number of nitrogens with zero attached hydrogens (tertiary/aromatic N) is 3. The number of ether oxygens (including phenoxy) is 1. The van der Waals surface area contributed by atoms with E-state index in [4.69, 9.17) is 4.74 Å². The topological polar surface area (TPSA) is 69.2 Å². The summed E-state index contributed by atoms with van der Waals surface area (Å²) in [4.78, 5) is 20.4. The molecule has 1 aliphatic rings. The third-order valence-electron chi connectivity index (χ3n) is 5.00. The average Bonchev–Trinajstić information content (AvgIpc) is 2.66. The molecule has 1 fully saturated rings. The second-order valence-corrected chi connectivity index (χ2v) is 7.05. The molecule has 0 saturated carbocycles. The van der Waals surface area contributed by atoms with Crippen LogP contribution in [-0.2, 0) is 9.53 Å². The van der Waals surface area contributed by atoms with Crippen molar-refractivity contribution in [3.63, 3.8) is 0 Å². The lowest BCUT2D eigenvalue weighted by Gasteiger charge is -2.39. The summed E-state index contributed by atoms with van der Waals surface area (Å²) in [6, 6.07) is 0.451. The first-order chi connectivity index (χ1) is 12.5. The van der Waals surface area contributed by atoms with Crippen molar-refractivity contribution >= 4 is 11.9 Å². The Morgan fingerprint density at radius 3 is 2.35 bits per heavy atom. The van der Waals surface area contributed by atoms with Crippen molar-refractivity contribution < 1.29 is 9.53 Å². The molecule has 7 heteroatoms. The highest BCUT2D eigenvalue weighted by molar-refractivity contribution is 5.84. The minimum Gasteiger partial charge on any atom is -0.379 e. The quantitative estimate of drug-likeness (QED) is 0.447. The number of aliphatic imine (C=N–C) groups is 1. The first kappa shape index (κ1) is 22.7. The van der Waals surface area contributed by atoms with E-state index in [0.717, 1.165) is 64.6 Å². The van der Waals surface area contributed by atoms with Gasteiger partial charge >= 0.3 is 0 Å². The van der Waals surface area contributed by atoms with Gasteiger partial charge in [-0.2, -0.15) is 0 Å². The summed E-state index contributed by atoms with van der Waals surface area (Å²) in [6.45, 7) is 12.1. The van der Waals surface area contributed by atoms with Crippen molar-refractivity contribution in [1.82, 2.24) is 20.4 Å². The first-order valence-corrected chi connectivity index (χ1v) is 10.1. The van der Waals surface area contributed by atoms with E-state index in [1.165, 1.54) is 0 Å². The lowest BCUT2D eigenvalue weighted by molar-refractivity contribution is -0.127. The molecule has 0 aromatic heterocycles. The molecule has 0 spiro atoms. The second kappa shape index (κ2) is 12.9. The standard InChI is InChI=1S/C19H39N5O2/c1-6-9-20-19(22-15-18(25)23(4)5)21-14-17(16(7-2)8-3)24-10-12-26-13-11-24/h16-17H,6-15H2,1-5H3,(H2,20,21,22). The number of carbonyl (C=O) groups excluding carboxylic acids is 1. The van der Waals surface area contributed by atoms with Crippen molar-refractivity contribution in [3.05, 3.63) is 0 Å². The van der Waals surface area contributed by atoms with Gasteiger partial charge in [0.15, 0.2) is 5.96 Å². The van der Waals surface area contributed by atoms with Crippen LogP contribution in [0.15, 0.2) is 4.99 Å². The minimum atomic E-state index is 0.00678. The van der Waals surface area contributed by atoms with Crippen LogP contribution in [0.3, 0.4) is 0 Å². The van der Waals surface area contributed by atoms with Crippen molar-refractivity contribution in [2.75, 3.05) is 60.0 Å². The van der Waals surface area contributed by atoms with E-state index in [9.17, 15) is 4.79 Å². The van der Waals surface area contributed by atoms with Crippen molar-refractivity contribution in [3.8, 4) is 0 Å². The summed E-state index contributed by atoms with van der Waals surface area (Å²) in [7, 11) is 3.51. The molecule has 1 atom stereocenters. The maximum Gasteiger partial charge on any atom is 0.243 e. The van der Waals surface area contributed by atoms with Gasteiger partial charge in [-0.25, -0.2) is 4.99 Å². The Morgan fingerprint density at radius 2 is 1.81 bits per heavy atom. The molecule has 1 rings (SSSR count). The number of hydrogen-bond acceptors (Lipinski definition) is 4. The normalized spacial score (nSPS) is 17.2. The van der Waals surface area contributed by atoms with E-state index in [0.29, 0.717) is 12.0 Å². The summed E-state index contributed by atoms with van der Waals surface area (Å²) in [5.41, 5.74) is 0. The van der Waals surface area contributed by atoms with Crippen LogP contribution >= 0.6 is 0 Å². The molecular weight excluding hydrogens is 330 g/mol. The highest BCUT2D eigenvalue weighted by atomic mass is 16.5. The van der Waals surface area contributed by atoms with Gasteiger partial charge in [-0.15, -0.1) is 0 Å². The van der Waals surface area contributed by atoms with E-state index < -0.39 is 0 Å². The molecule has 7 nitrogen and oxygen atoms in total. The third kappa shape index (κ3) is 7.91. The summed E-state index contributed by atoms with van der Waals surface area (Å²) in [5, 5.41) is 6.80. The Labute approximate surface area is 159 Å². The Kier molecular flexibility index (Phi) is 11.3. The van der Waals surface area contributed by atoms with Gasteiger partial charge in [0.2, 0.25) is 5.91 Å². The van der Waals surface area contributed by atoms with Crippen molar-refractivity contribution in [2.24, 2.45) is 10.9 Å². The lowest BCUT2D eigenvalue weighted by atomic mass is 9.92. The molecule has 1 amide bonds. The highest BCUT2D eigenvalue weighted by Gasteiger charge is 2.27. The molecule has 26 heavy (non-hydrogen) atoms. The Bertz CT molecular complexity index is 418. The minimum absolute atomic E-state index is 0.00678. The van der Waals surface area contributed by atoms with E-state index in [-0.39, 0.29) is 12.5 Å². The van der Waals surface area contributed by atoms with Crippen LogP contribution in [0.25, 0.3) is 0 Å². The number of morpholine rings is 1. The largest absolute Gasteiger partial charge is 0.379 e. The number of nitrogens with one attached hydrogen (secondary N) is 2. The van der Waals surface area contributed by atoms with Gasteiger partial charge in [-0.1, -0.05) is 33.6 Å². The summed E-state index contributed by atoms with van der Waals surface area (Å²) in [6.07, 6.45) is 3.34. The zero-order valence-corrected chi connectivity index (χ0v) is 17.4. The first-order valence-electron chi connectivity index (χ1n) is 10.1. The van der Waals surface area contributed by atoms with Gasteiger partial charge in [-0.05, 0) is 12.3 Å². The average molecular weight is 370 g/mol. The van der Waals surface area contributed by atoms with Crippen LogP contribution < -0.4 is 10.6 Å². The van der Waals surface area contributed by atoms with Gasteiger partial charge in [0.05, 0.1) is 13.2 Å². The molecule has 1 aliphatic heterocycles. The maximum atomic E-state index is 11.8. The molecular formula is C19H39N5O2. The smallest absolute Gasteiger partial charge is 0.243 e. The van der Waals surface area contributed by atoms with Gasteiger partial charge in [-0.3, -0.25) is 9.69 Å². The van der Waals surface area contributed by atoms with Gasteiger partial charge in [0, 0.05) is 46.3 Å². The molecule has 0 aromatic rings. The molecule has 2 N–H and O–H groups in total. The number of rotatable bonds is 10. The second-order valence-electron chi connectivity index (χ2n) is 7.05. The number of guanidine groups is 1. The number of amides is 1. The van der Waals surface area contributed by atoms with E-state index in [2.05, 4.69) is 41.3 Å². The maximum absolute atomic E-state index is 11.8. The molecule has 1 saturated heterocycles. The number of likely N-dealkylation sites (N-methyl/N-ethyl adjacent to an activating group) is 1. The molecule has 0 radical (unpaired) electrons. The fourth-order valence-corrected chi connectivity index (χ4v) is 3.24. The Morgan fingerprint density at radius 1 is 1.15 bits per heavy atom. The van der Waals surface area contributed by atoms with Crippen LogP contribution in [0.1, 0.15) is 40.0 Å². The third-order valence-corrected chi connectivity index (χ3v) is 5.00. The van der Waals surface area contributed by atoms with E-state index >= 15 is 0 Å². The zero-order chi connectivity index (χ0) is 19.4. The monoisotopic (exact) mass is 369 g/mol. The zero-order valence-electron chi connectivity index (χ0n) is 17.4. The molecule has 0 bridgehead atoms. The predicted molar refractivity (Wildman–Crippen MR) is 108 cm³/mol. The van der Waals surface area contributed by atoms with E-state index in [1.54, 1.807) is 19.0 Å². The van der Waals surface area contributed by atoms with Crippen molar-refractivity contribution in [2.45, 2.75) is 46.1 Å². The summed E-state index contributed by atoms with van der Waals surface area (Å²) in [5.74, 6) is 1.37. The van der Waals surface area contributed by atoms with Gasteiger partial charge in [0.25, 0.3) is 0 Å². The fourth-order valence-electron chi connectivity index (χ4n) is 3.24. The SMILES string of the molecule is CCCNC(=NCC(=O)N(C)C)NCC(C(CC)CC)N1CCOCC1. The molecule has 152 valence electrons. The summed E-state index contributed by atoms with van der Waals surface area (Å²) < 4.78 is 5.52. The Hall–Kier alpha value is -1.34. The van der Waals surface area contributed by atoms with Crippen molar-refractivity contribution in [1.29, 1.82) is 0 Å². The highest BCUT2D eigenvalue weighted by Crippen LogP contribution is 2.19. The van der Waals surface area contributed by atoms with Gasteiger partial charge in [0.1, 0.15) is 6.54 Å². The van der Waals surface area contributed by atoms with Crippen LogP contribution in [0, 0.1) is 5.92 Å². The number of carbonyl (C=O) groups is 1. The Balaban J connectivity index is 2.74. The van der Waals surface area contributed by atoms with Crippen LogP contribution in [0.5, 0.6) is 0 Å². The predicted octanol–water partition coefficient (Wildman–Crippen LogP) is 1.16. The molecule has 0 aliphatic carbocycles. The van der Waals surface area contributed by atoms with Crippen LogP contribution in [0.2, 0.25) is 0 Å². The molecule has 1 unspecified atom stereocenters. The fraction of sp³-hybridized carbons (Fsp3) is 0.895. The van der Waals surface area contributed by atoms with Crippen LogP contribution in [0.4, 0.5) is 0 Å². The van der Waals surface area contributed by atoms with Crippen LogP contribution in [-0.4, -0.2) is 87.7 Å². The van der Waals surface area contributed by atoms with Gasteiger partial charge < -0.3 is 20.3 Å². The summed E-state index contributed by atoms with van der Waals surface area (Å²) >= 11 is 0. The molecule has 1 heterocycles.